The predicted octanol–water partition coefficient (Wildman–Crippen LogP) is 3.65. The molecule has 6 heteroatoms. The highest BCUT2D eigenvalue weighted by molar-refractivity contribution is 5.95. The number of carbonyl (C=O) groups is 1. The minimum Gasteiger partial charge on any atom is -0.492 e. The van der Waals surface area contributed by atoms with E-state index in [1.54, 1.807) is 10.8 Å². The molecule has 1 aliphatic heterocycles. The zero-order valence-corrected chi connectivity index (χ0v) is 16.2. The largest absolute Gasteiger partial charge is 0.492 e. The van der Waals surface area contributed by atoms with Crippen LogP contribution in [0.15, 0.2) is 55.0 Å². The van der Waals surface area contributed by atoms with Gasteiger partial charge in [-0.2, -0.15) is 0 Å². The van der Waals surface area contributed by atoms with Crippen molar-refractivity contribution < 1.29 is 9.53 Å². The van der Waals surface area contributed by atoms with Crippen LogP contribution in [-0.2, 0) is 0 Å². The van der Waals surface area contributed by atoms with Gasteiger partial charge in [0, 0.05) is 48.8 Å². The minimum absolute atomic E-state index is 0.125. The van der Waals surface area contributed by atoms with Gasteiger partial charge in [-0.15, -0.1) is 0 Å². The van der Waals surface area contributed by atoms with Crippen molar-refractivity contribution in [3.63, 3.8) is 0 Å². The summed E-state index contributed by atoms with van der Waals surface area (Å²) >= 11 is 0. The Hall–Kier alpha value is -2.86. The number of anilines is 1. The summed E-state index contributed by atoms with van der Waals surface area (Å²) in [5, 5.41) is 4.76. The highest BCUT2D eigenvalue weighted by atomic mass is 16.5. The summed E-state index contributed by atoms with van der Waals surface area (Å²) < 4.78 is 7.37. The Morgan fingerprint density at radius 3 is 2.71 bits per heavy atom. The minimum atomic E-state index is 0.125. The van der Waals surface area contributed by atoms with E-state index in [0.29, 0.717) is 19.2 Å². The summed E-state index contributed by atoms with van der Waals surface area (Å²) in [6.45, 7) is 4.90. The maximum atomic E-state index is 12.3. The van der Waals surface area contributed by atoms with Crippen LogP contribution in [0.2, 0.25) is 0 Å². The summed E-state index contributed by atoms with van der Waals surface area (Å²) in [7, 11) is 0. The summed E-state index contributed by atoms with van der Waals surface area (Å²) in [5.74, 6) is 0.946. The van der Waals surface area contributed by atoms with Gasteiger partial charge >= 0.3 is 0 Å². The third kappa shape index (κ3) is 4.02. The quantitative estimate of drug-likeness (QED) is 0.709. The van der Waals surface area contributed by atoms with Gasteiger partial charge in [0.1, 0.15) is 11.3 Å². The molecular weight excluding hydrogens is 352 g/mol. The Bertz CT molecular complexity index is 931. The second-order valence-electron chi connectivity index (χ2n) is 7.12. The van der Waals surface area contributed by atoms with E-state index in [4.69, 9.17) is 4.74 Å². The molecule has 1 saturated heterocycles. The van der Waals surface area contributed by atoms with E-state index in [1.807, 2.05) is 43.6 Å². The lowest BCUT2D eigenvalue weighted by atomic mass is 10.0. The number of likely N-dealkylation sites (tertiary alicyclic amines) is 1. The van der Waals surface area contributed by atoms with E-state index in [0.717, 1.165) is 48.3 Å². The molecule has 0 aliphatic carbocycles. The van der Waals surface area contributed by atoms with Gasteiger partial charge in [-0.25, -0.2) is 0 Å². The van der Waals surface area contributed by atoms with Crippen LogP contribution in [0.3, 0.4) is 0 Å². The van der Waals surface area contributed by atoms with Crippen molar-refractivity contribution in [2.75, 3.05) is 31.6 Å². The van der Waals surface area contributed by atoms with Crippen molar-refractivity contribution >= 4 is 22.5 Å². The topological polar surface area (TPSA) is 59.4 Å². The lowest BCUT2D eigenvalue weighted by Crippen LogP contribution is -2.42. The molecule has 1 fully saturated rings. The molecule has 2 aromatic heterocycles. The number of fused-ring (bicyclic) bond motifs is 1. The fourth-order valence-electron chi connectivity index (χ4n) is 3.77. The SMILES string of the molecule is CCOc1ccc(NC2CCN(CC(=O)n3cccc3)CC2)c2cccnc12. The molecule has 3 aromatic rings. The number of aromatic nitrogens is 2. The summed E-state index contributed by atoms with van der Waals surface area (Å²) in [6, 6.07) is 12.3. The summed E-state index contributed by atoms with van der Waals surface area (Å²) in [4.78, 5) is 19.0. The number of hydrogen-bond acceptors (Lipinski definition) is 5. The molecule has 0 bridgehead atoms. The number of rotatable bonds is 6. The first-order chi connectivity index (χ1) is 13.7. The Kier molecular flexibility index (Phi) is 5.58. The number of hydrogen-bond donors (Lipinski definition) is 1. The van der Waals surface area contributed by atoms with Crippen LogP contribution < -0.4 is 10.1 Å². The molecule has 146 valence electrons. The standard InChI is InChI=1S/C22H26N4O2/c1-2-28-20-8-7-19(18-6-5-11-23-22(18)20)24-17-9-14-25(15-10-17)16-21(27)26-12-3-4-13-26/h3-8,11-13,17,24H,2,9-10,14-16H2,1H3. The molecule has 1 aromatic carbocycles. The zero-order valence-electron chi connectivity index (χ0n) is 16.2. The normalized spacial score (nSPS) is 15.6. The van der Waals surface area contributed by atoms with Crippen molar-refractivity contribution in [3.8, 4) is 5.75 Å². The Morgan fingerprint density at radius 2 is 1.96 bits per heavy atom. The molecule has 1 aliphatic rings. The number of benzene rings is 1. The monoisotopic (exact) mass is 378 g/mol. The van der Waals surface area contributed by atoms with Crippen molar-refractivity contribution in [3.05, 3.63) is 55.0 Å². The van der Waals surface area contributed by atoms with E-state index in [2.05, 4.69) is 27.3 Å². The number of carbonyl (C=O) groups excluding carboxylic acids is 1. The third-order valence-corrected chi connectivity index (χ3v) is 5.23. The average molecular weight is 378 g/mol. The highest BCUT2D eigenvalue weighted by Gasteiger charge is 2.22. The first-order valence-electron chi connectivity index (χ1n) is 9.90. The molecular formula is C22H26N4O2. The van der Waals surface area contributed by atoms with Crippen LogP contribution in [-0.4, -0.2) is 52.6 Å². The van der Waals surface area contributed by atoms with Gasteiger partial charge in [-0.3, -0.25) is 19.2 Å². The number of nitrogens with one attached hydrogen (secondary N) is 1. The number of nitrogens with zero attached hydrogens (tertiary/aromatic N) is 3. The van der Waals surface area contributed by atoms with Gasteiger partial charge in [-0.05, 0) is 56.2 Å². The first-order valence-corrected chi connectivity index (χ1v) is 9.90. The second kappa shape index (κ2) is 8.44. The van der Waals surface area contributed by atoms with Crippen LogP contribution in [0.1, 0.15) is 24.6 Å². The molecule has 4 rings (SSSR count). The van der Waals surface area contributed by atoms with Gasteiger partial charge in [0.15, 0.2) is 0 Å². The fraction of sp³-hybridized carbons (Fsp3) is 0.364. The van der Waals surface area contributed by atoms with Crippen molar-refractivity contribution in [1.29, 1.82) is 0 Å². The molecule has 1 N–H and O–H groups in total. The molecule has 0 amide bonds. The summed E-state index contributed by atoms with van der Waals surface area (Å²) in [6.07, 6.45) is 7.43. The van der Waals surface area contributed by atoms with E-state index < -0.39 is 0 Å². The van der Waals surface area contributed by atoms with Crippen LogP contribution in [0, 0.1) is 0 Å². The van der Waals surface area contributed by atoms with Crippen molar-refractivity contribution in [2.45, 2.75) is 25.8 Å². The average Bonchev–Trinajstić information content (AvgIpc) is 3.26. The second-order valence-corrected chi connectivity index (χ2v) is 7.12. The van der Waals surface area contributed by atoms with Gasteiger partial charge in [0.25, 0.3) is 0 Å². The summed E-state index contributed by atoms with van der Waals surface area (Å²) in [5.41, 5.74) is 1.98. The zero-order chi connectivity index (χ0) is 19.3. The molecule has 6 nitrogen and oxygen atoms in total. The first kappa shape index (κ1) is 18.5. The molecule has 0 saturated carbocycles. The fourth-order valence-corrected chi connectivity index (χ4v) is 3.77. The predicted molar refractivity (Wildman–Crippen MR) is 111 cm³/mol. The molecule has 3 heterocycles. The van der Waals surface area contributed by atoms with E-state index >= 15 is 0 Å². The molecule has 0 unspecified atom stereocenters. The number of pyridine rings is 1. The molecule has 0 atom stereocenters. The smallest absolute Gasteiger partial charge is 0.244 e. The van der Waals surface area contributed by atoms with E-state index in [-0.39, 0.29) is 5.91 Å². The molecule has 28 heavy (non-hydrogen) atoms. The van der Waals surface area contributed by atoms with Crippen LogP contribution >= 0.6 is 0 Å². The van der Waals surface area contributed by atoms with E-state index in [9.17, 15) is 4.79 Å². The highest BCUT2D eigenvalue weighted by Crippen LogP contribution is 2.31. The van der Waals surface area contributed by atoms with Gasteiger partial charge in [0.05, 0.1) is 13.2 Å². The Morgan fingerprint density at radius 1 is 1.18 bits per heavy atom. The Labute approximate surface area is 165 Å². The number of ether oxygens (including phenoxy) is 1. The lowest BCUT2D eigenvalue weighted by molar-refractivity contribution is 0.0830. The van der Waals surface area contributed by atoms with Gasteiger partial charge in [0.2, 0.25) is 5.91 Å². The Balaban J connectivity index is 1.39. The van der Waals surface area contributed by atoms with Gasteiger partial charge in [-0.1, -0.05) is 0 Å². The van der Waals surface area contributed by atoms with Crippen LogP contribution in [0.4, 0.5) is 5.69 Å². The number of piperidine rings is 1. The van der Waals surface area contributed by atoms with Crippen molar-refractivity contribution in [2.24, 2.45) is 0 Å². The molecule has 0 radical (unpaired) electrons. The van der Waals surface area contributed by atoms with Gasteiger partial charge < -0.3 is 10.1 Å². The van der Waals surface area contributed by atoms with Crippen molar-refractivity contribution in [1.82, 2.24) is 14.5 Å². The van der Waals surface area contributed by atoms with Crippen LogP contribution in [0.25, 0.3) is 10.9 Å². The molecule has 0 spiro atoms. The maximum absolute atomic E-state index is 12.3. The van der Waals surface area contributed by atoms with Crippen LogP contribution in [0.5, 0.6) is 5.75 Å². The van der Waals surface area contributed by atoms with E-state index in [1.165, 1.54) is 0 Å². The lowest BCUT2D eigenvalue weighted by Gasteiger charge is -2.32. The third-order valence-electron chi connectivity index (χ3n) is 5.23. The maximum Gasteiger partial charge on any atom is 0.244 e.